The summed E-state index contributed by atoms with van der Waals surface area (Å²) in [7, 11) is 0. The van der Waals surface area contributed by atoms with Gasteiger partial charge in [0.1, 0.15) is 5.82 Å². The number of amides is 1. The summed E-state index contributed by atoms with van der Waals surface area (Å²) in [6.07, 6.45) is -3.50. The molecule has 1 aromatic carbocycles. The highest BCUT2D eigenvalue weighted by Crippen LogP contribution is 2.30. The van der Waals surface area contributed by atoms with Gasteiger partial charge in [-0.05, 0) is 31.0 Å². The number of piperidine rings is 1. The van der Waals surface area contributed by atoms with Crippen LogP contribution in [-0.2, 0) is 6.18 Å². The van der Waals surface area contributed by atoms with E-state index >= 15 is 0 Å². The molecule has 118 valence electrons. The number of alkyl halides is 3. The zero-order valence-electron chi connectivity index (χ0n) is 11.0. The lowest BCUT2D eigenvalue weighted by Crippen LogP contribution is -2.42. The first-order valence-electron chi connectivity index (χ1n) is 6.20. The van der Waals surface area contributed by atoms with Crippen LogP contribution in [0.25, 0.3) is 0 Å². The van der Waals surface area contributed by atoms with Gasteiger partial charge in [0.25, 0.3) is 5.91 Å². The van der Waals surface area contributed by atoms with E-state index in [0.29, 0.717) is 38.1 Å². The predicted octanol–water partition coefficient (Wildman–Crippen LogP) is 2.83. The molecule has 1 saturated heterocycles. The summed E-state index contributed by atoms with van der Waals surface area (Å²) in [5, 5.41) is 0. The summed E-state index contributed by atoms with van der Waals surface area (Å²) in [5.41, 5.74) is 4.25. The molecule has 0 atom stereocenters. The molecular formula is C13H15ClF4N2O. The van der Waals surface area contributed by atoms with Crippen molar-refractivity contribution in [2.75, 3.05) is 13.1 Å². The second-order valence-corrected chi connectivity index (χ2v) is 4.86. The van der Waals surface area contributed by atoms with Gasteiger partial charge in [0.15, 0.2) is 0 Å². The lowest BCUT2D eigenvalue weighted by molar-refractivity contribution is -0.137. The standard InChI is InChI=1S/C13H14F4N2O.ClH/c14-10-6-8(5-9(7-10)13(15,16)17)12(20)19-3-1-11(18)2-4-19;/h5-7,11H,1-4,18H2;1H. The minimum atomic E-state index is -4.68. The third kappa shape index (κ3) is 4.31. The second-order valence-electron chi connectivity index (χ2n) is 4.86. The number of hydrogen-bond donors (Lipinski definition) is 1. The van der Waals surface area contributed by atoms with Gasteiger partial charge in [-0.25, -0.2) is 4.39 Å². The fourth-order valence-corrected chi connectivity index (χ4v) is 2.16. The van der Waals surface area contributed by atoms with Crippen LogP contribution in [0.1, 0.15) is 28.8 Å². The van der Waals surface area contributed by atoms with Crippen molar-refractivity contribution in [2.45, 2.75) is 25.1 Å². The van der Waals surface area contributed by atoms with E-state index in [2.05, 4.69) is 0 Å². The summed E-state index contributed by atoms with van der Waals surface area (Å²) in [6, 6.07) is 1.88. The first-order valence-corrected chi connectivity index (χ1v) is 6.20. The fourth-order valence-electron chi connectivity index (χ4n) is 2.16. The topological polar surface area (TPSA) is 46.3 Å². The highest BCUT2D eigenvalue weighted by atomic mass is 35.5. The normalized spacial score (nSPS) is 16.5. The SMILES string of the molecule is Cl.NC1CCN(C(=O)c2cc(F)cc(C(F)(F)F)c2)CC1. The Morgan fingerprint density at radius 3 is 2.29 bits per heavy atom. The third-order valence-corrected chi connectivity index (χ3v) is 3.30. The number of likely N-dealkylation sites (tertiary alicyclic amines) is 1. The Labute approximate surface area is 125 Å². The number of halogens is 5. The summed E-state index contributed by atoms with van der Waals surface area (Å²) >= 11 is 0. The smallest absolute Gasteiger partial charge is 0.339 e. The van der Waals surface area contributed by atoms with Crippen LogP contribution in [0.2, 0.25) is 0 Å². The van der Waals surface area contributed by atoms with Crippen LogP contribution in [0.15, 0.2) is 18.2 Å². The van der Waals surface area contributed by atoms with E-state index in [1.54, 1.807) is 0 Å². The average molecular weight is 327 g/mol. The molecule has 1 aliphatic heterocycles. The molecule has 1 amide bonds. The van der Waals surface area contributed by atoms with Crippen LogP contribution < -0.4 is 5.73 Å². The minimum absolute atomic E-state index is 0. The van der Waals surface area contributed by atoms with Crippen molar-refractivity contribution in [2.24, 2.45) is 5.73 Å². The Kier molecular flexibility index (Phi) is 5.58. The molecule has 0 unspecified atom stereocenters. The number of rotatable bonds is 1. The Morgan fingerprint density at radius 2 is 1.76 bits per heavy atom. The lowest BCUT2D eigenvalue weighted by atomic mass is 10.0. The van der Waals surface area contributed by atoms with Gasteiger partial charge in [-0.2, -0.15) is 13.2 Å². The quantitative estimate of drug-likeness (QED) is 0.807. The predicted molar refractivity (Wildman–Crippen MR) is 71.8 cm³/mol. The summed E-state index contributed by atoms with van der Waals surface area (Å²) in [5.74, 6) is -1.67. The number of nitrogens with zero attached hydrogens (tertiary/aromatic N) is 1. The molecule has 1 aromatic rings. The summed E-state index contributed by atoms with van der Waals surface area (Å²) in [4.78, 5) is 13.5. The molecule has 0 saturated carbocycles. The van der Waals surface area contributed by atoms with Crippen LogP contribution >= 0.6 is 12.4 Å². The third-order valence-electron chi connectivity index (χ3n) is 3.30. The van der Waals surface area contributed by atoms with E-state index in [-0.39, 0.29) is 24.0 Å². The van der Waals surface area contributed by atoms with Crippen LogP contribution in [0, 0.1) is 5.82 Å². The molecule has 0 spiro atoms. The summed E-state index contributed by atoms with van der Waals surface area (Å²) in [6.45, 7) is 0.746. The van der Waals surface area contributed by atoms with E-state index in [4.69, 9.17) is 5.73 Å². The van der Waals surface area contributed by atoms with Crippen LogP contribution in [-0.4, -0.2) is 29.9 Å². The molecule has 1 heterocycles. The second kappa shape index (κ2) is 6.62. The van der Waals surface area contributed by atoms with Crippen molar-refractivity contribution in [1.82, 2.24) is 4.90 Å². The number of hydrogen-bond acceptors (Lipinski definition) is 2. The van der Waals surface area contributed by atoms with Crippen molar-refractivity contribution < 1.29 is 22.4 Å². The number of carbonyl (C=O) groups is 1. The Balaban J connectivity index is 0.00000220. The van der Waals surface area contributed by atoms with Gasteiger partial charge < -0.3 is 10.6 Å². The van der Waals surface area contributed by atoms with Crippen molar-refractivity contribution in [3.63, 3.8) is 0 Å². The van der Waals surface area contributed by atoms with Crippen molar-refractivity contribution >= 4 is 18.3 Å². The minimum Gasteiger partial charge on any atom is -0.339 e. The molecule has 0 aliphatic carbocycles. The maximum Gasteiger partial charge on any atom is 0.416 e. The number of carbonyl (C=O) groups excluding carboxylic acids is 1. The van der Waals surface area contributed by atoms with Crippen molar-refractivity contribution in [3.8, 4) is 0 Å². The Bertz CT molecular complexity index is 513. The first-order chi connectivity index (χ1) is 9.27. The molecule has 1 fully saturated rings. The largest absolute Gasteiger partial charge is 0.416 e. The Morgan fingerprint density at radius 1 is 1.19 bits per heavy atom. The maximum absolute atomic E-state index is 13.3. The van der Waals surface area contributed by atoms with Crippen molar-refractivity contribution in [3.05, 3.63) is 35.1 Å². The molecule has 2 N–H and O–H groups in total. The fraction of sp³-hybridized carbons (Fsp3) is 0.462. The van der Waals surface area contributed by atoms with Gasteiger partial charge >= 0.3 is 6.18 Å². The molecule has 3 nitrogen and oxygen atoms in total. The van der Waals surface area contributed by atoms with E-state index < -0.39 is 23.5 Å². The van der Waals surface area contributed by atoms with E-state index in [0.717, 1.165) is 6.07 Å². The van der Waals surface area contributed by atoms with Gasteiger partial charge in [0.05, 0.1) is 5.56 Å². The van der Waals surface area contributed by atoms with Gasteiger partial charge in [0.2, 0.25) is 0 Å². The molecule has 2 rings (SSSR count). The molecule has 21 heavy (non-hydrogen) atoms. The highest BCUT2D eigenvalue weighted by molar-refractivity contribution is 5.94. The zero-order chi connectivity index (χ0) is 14.9. The maximum atomic E-state index is 13.3. The molecular weight excluding hydrogens is 312 g/mol. The van der Waals surface area contributed by atoms with E-state index in [1.807, 2.05) is 0 Å². The van der Waals surface area contributed by atoms with Gasteiger partial charge in [-0.15, -0.1) is 12.4 Å². The van der Waals surface area contributed by atoms with E-state index in [9.17, 15) is 22.4 Å². The van der Waals surface area contributed by atoms with Crippen LogP contribution in [0.3, 0.4) is 0 Å². The molecule has 0 bridgehead atoms. The summed E-state index contributed by atoms with van der Waals surface area (Å²) < 4.78 is 51.0. The average Bonchev–Trinajstić information content (AvgIpc) is 2.37. The highest BCUT2D eigenvalue weighted by Gasteiger charge is 2.32. The first kappa shape index (κ1) is 17.7. The molecule has 8 heteroatoms. The van der Waals surface area contributed by atoms with Crippen LogP contribution in [0.5, 0.6) is 0 Å². The Hall–Kier alpha value is -1.34. The monoisotopic (exact) mass is 326 g/mol. The zero-order valence-corrected chi connectivity index (χ0v) is 11.8. The number of nitrogens with two attached hydrogens (primary N) is 1. The molecule has 0 aromatic heterocycles. The lowest BCUT2D eigenvalue weighted by Gasteiger charge is -2.30. The van der Waals surface area contributed by atoms with Gasteiger partial charge in [0, 0.05) is 24.7 Å². The van der Waals surface area contributed by atoms with Gasteiger partial charge in [-0.1, -0.05) is 0 Å². The molecule has 0 radical (unpaired) electrons. The van der Waals surface area contributed by atoms with Crippen LogP contribution in [0.4, 0.5) is 17.6 Å². The molecule has 1 aliphatic rings. The van der Waals surface area contributed by atoms with E-state index in [1.165, 1.54) is 4.90 Å². The van der Waals surface area contributed by atoms with Crippen molar-refractivity contribution in [1.29, 1.82) is 0 Å². The van der Waals surface area contributed by atoms with Gasteiger partial charge in [-0.3, -0.25) is 4.79 Å². The number of benzene rings is 1.